The average Bonchev–Trinajstić information content (AvgIpc) is 2.62. The Labute approximate surface area is 113 Å². The van der Waals surface area contributed by atoms with Crippen LogP contribution in [0.4, 0.5) is 11.6 Å². The normalized spacial score (nSPS) is 10.5. The summed E-state index contributed by atoms with van der Waals surface area (Å²) in [7, 11) is 1.99. The van der Waals surface area contributed by atoms with Gasteiger partial charge in [0.2, 0.25) is 0 Å². The summed E-state index contributed by atoms with van der Waals surface area (Å²) >= 11 is 5.17. The molecular weight excluding hydrogens is 300 g/mol. The van der Waals surface area contributed by atoms with Crippen LogP contribution in [0.3, 0.4) is 0 Å². The number of aromatic nitrogens is 2. The first-order valence-corrected chi connectivity index (χ1v) is 6.77. The van der Waals surface area contributed by atoms with Gasteiger partial charge in [-0.15, -0.1) is 11.3 Å². The van der Waals surface area contributed by atoms with Crippen molar-refractivity contribution in [2.75, 3.05) is 17.7 Å². The average molecular weight is 313 g/mol. The highest BCUT2D eigenvalue weighted by Gasteiger charge is 2.07. The van der Waals surface area contributed by atoms with Gasteiger partial charge in [-0.3, -0.25) is 0 Å². The number of anilines is 2. The highest BCUT2D eigenvalue weighted by Crippen LogP contribution is 2.22. The number of aryl methyl sites for hydroxylation is 1. The maximum Gasteiger partial charge on any atom is 0.134 e. The summed E-state index contributed by atoms with van der Waals surface area (Å²) in [5.74, 6) is 2.05. The lowest BCUT2D eigenvalue weighted by molar-refractivity contribution is 0.892. The third-order valence-corrected chi connectivity index (χ3v) is 3.93. The van der Waals surface area contributed by atoms with Crippen LogP contribution in [0, 0.1) is 6.92 Å². The lowest BCUT2D eigenvalue weighted by Gasteiger charge is -2.17. The summed E-state index contributed by atoms with van der Waals surface area (Å²) in [5.41, 5.74) is 5.71. The van der Waals surface area contributed by atoms with Crippen molar-refractivity contribution in [3.8, 4) is 0 Å². The van der Waals surface area contributed by atoms with Crippen LogP contribution < -0.4 is 10.6 Å². The van der Waals surface area contributed by atoms with Crippen LogP contribution >= 0.6 is 27.3 Å². The van der Waals surface area contributed by atoms with Gasteiger partial charge < -0.3 is 10.6 Å². The predicted molar refractivity (Wildman–Crippen MR) is 75.3 cm³/mol. The lowest BCUT2D eigenvalue weighted by Crippen LogP contribution is -2.18. The molecule has 0 saturated heterocycles. The number of nitrogen functional groups attached to an aromatic ring is 1. The lowest BCUT2D eigenvalue weighted by atomic mass is 10.4. The van der Waals surface area contributed by atoms with E-state index in [1.807, 2.05) is 14.0 Å². The van der Waals surface area contributed by atoms with Crippen LogP contribution in [0.1, 0.15) is 10.7 Å². The molecule has 0 fully saturated rings. The molecule has 2 heterocycles. The molecule has 4 nitrogen and oxygen atoms in total. The fraction of sp³-hybridized carbons (Fsp3) is 0.273. The van der Waals surface area contributed by atoms with E-state index < -0.39 is 0 Å². The van der Waals surface area contributed by atoms with Crippen LogP contribution in [0.2, 0.25) is 0 Å². The second kappa shape index (κ2) is 5.01. The molecule has 0 aliphatic carbocycles. The van der Waals surface area contributed by atoms with E-state index in [9.17, 15) is 0 Å². The van der Waals surface area contributed by atoms with Gasteiger partial charge in [-0.25, -0.2) is 9.97 Å². The number of thiophene rings is 1. The molecule has 2 aromatic heterocycles. The molecule has 0 aliphatic heterocycles. The quantitative estimate of drug-likeness (QED) is 0.947. The summed E-state index contributed by atoms with van der Waals surface area (Å²) in [5, 5.41) is 2.07. The van der Waals surface area contributed by atoms with Gasteiger partial charge in [-0.1, -0.05) is 0 Å². The standard InChI is InChI=1S/C11H13BrN4S/c1-7-14-10(13)4-11(15-7)16(2)5-9-3-8(12)6-17-9/h3-4,6H,5H2,1-2H3,(H2,13,14,15). The van der Waals surface area contributed by atoms with Gasteiger partial charge in [-0.2, -0.15) is 0 Å². The van der Waals surface area contributed by atoms with Crippen molar-refractivity contribution >= 4 is 38.9 Å². The molecule has 17 heavy (non-hydrogen) atoms. The Kier molecular flexibility index (Phi) is 3.63. The van der Waals surface area contributed by atoms with Crippen molar-refractivity contribution < 1.29 is 0 Å². The zero-order valence-electron chi connectivity index (χ0n) is 9.64. The van der Waals surface area contributed by atoms with E-state index in [0.29, 0.717) is 11.6 Å². The fourth-order valence-corrected chi connectivity index (χ4v) is 3.02. The Morgan fingerprint density at radius 2 is 2.18 bits per heavy atom. The van der Waals surface area contributed by atoms with Crippen molar-refractivity contribution in [3.63, 3.8) is 0 Å². The van der Waals surface area contributed by atoms with E-state index in [-0.39, 0.29) is 0 Å². The van der Waals surface area contributed by atoms with Crippen molar-refractivity contribution in [3.05, 3.63) is 32.7 Å². The van der Waals surface area contributed by atoms with Crippen LogP contribution in [0.5, 0.6) is 0 Å². The molecule has 2 N–H and O–H groups in total. The van der Waals surface area contributed by atoms with Gasteiger partial charge in [0.15, 0.2) is 0 Å². The fourth-order valence-electron chi connectivity index (χ4n) is 1.52. The maximum atomic E-state index is 5.71. The van der Waals surface area contributed by atoms with E-state index in [0.717, 1.165) is 16.8 Å². The zero-order chi connectivity index (χ0) is 12.4. The van der Waals surface area contributed by atoms with E-state index in [4.69, 9.17) is 5.73 Å². The third-order valence-electron chi connectivity index (χ3n) is 2.25. The van der Waals surface area contributed by atoms with Crippen LogP contribution in [0.25, 0.3) is 0 Å². The molecular formula is C11H13BrN4S. The van der Waals surface area contributed by atoms with Crippen LogP contribution in [-0.2, 0) is 6.54 Å². The molecule has 0 bridgehead atoms. The maximum absolute atomic E-state index is 5.71. The Morgan fingerprint density at radius 3 is 2.76 bits per heavy atom. The highest BCUT2D eigenvalue weighted by atomic mass is 79.9. The monoisotopic (exact) mass is 312 g/mol. The molecule has 0 saturated carbocycles. The number of hydrogen-bond acceptors (Lipinski definition) is 5. The second-order valence-electron chi connectivity index (χ2n) is 3.79. The Hall–Kier alpha value is -1.14. The van der Waals surface area contributed by atoms with E-state index in [1.165, 1.54) is 4.88 Å². The first kappa shape index (κ1) is 12.3. The molecule has 90 valence electrons. The molecule has 0 spiro atoms. The number of rotatable bonds is 3. The molecule has 2 rings (SSSR count). The number of nitrogens with zero attached hydrogens (tertiary/aromatic N) is 3. The van der Waals surface area contributed by atoms with Crippen molar-refractivity contribution in [2.24, 2.45) is 0 Å². The van der Waals surface area contributed by atoms with Crippen molar-refractivity contribution in [1.29, 1.82) is 0 Å². The minimum Gasteiger partial charge on any atom is -0.384 e. The largest absolute Gasteiger partial charge is 0.384 e. The molecule has 0 radical (unpaired) electrons. The van der Waals surface area contributed by atoms with Gasteiger partial charge >= 0.3 is 0 Å². The van der Waals surface area contributed by atoms with Gasteiger partial charge in [0.1, 0.15) is 17.5 Å². The summed E-state index contributed by atoms with van der Waals surface area (Å²) in [6, 6.07) is 3.90. The van der Waals surface area contributed by atoms with E-state index >= 15 is 0 Å². The van der Waals surface area contributed by atoms with Gasteiger partial charge in [0.05, 0.1) is 6.54 Å². The first-order valence-electron chi connectivity index (χ1n) is 5.10. The highest BCUT2D eigenvalue weighted by molar-refractivity contribution is 9.10. The molecule has 0 amide bonds. The number of hydrogen-bond donors (Lipinski definition) is 1. The van der Waals surface area contributed by atoms with Gasteiger partial charge in [0, 0.05) is 27.8 Å². The Morgan fingerprint density at radius 1 is 1.41 bits per heavy atom. The Balaban J connectivity index is 2.16. The van der Waals surface area contributed by atoms with Gasteiger partial charge in [0.25, 0.3) is 0 Å². The minimum absolute atomic E-state index is 0.506. The molecule has 6 heteroatoms. The molecule has 0 aromatic carbocycles. The van der Waals surface area contributed by atoms with Gasteiger partial charge in [-0.05, 0) is 28.9 Å². The molecule has 0 atom stereocenters. The van der Waals surface area contributed by atoms with E-state index in [1.54, 1.807) is 17.4 Å². The van der Waals surface area contributed by atoms with Crippen LogP contribution in [0.15, 0.2) is 22.0 Å². The van der Waals surface area contributed by atoms with Crippen molar-refractivity contribution in [1.82, 2.24) is 9.97 Å². The smallest absolute Gasteiger partial charge is 0.134 e. The number of nitrogens with two attached hydrogens (primary N) is 1. The summed E-state index contributed by atoms with van der Waals surface area (Å²) in [6.45, 7) is 2.65. The second-order valence-corrected chi connectivity index (χ2v) is 5.70. The predicted octanol–water partition coefficient (Wildman–Crippen LogP) is 2.83. The van der Waals surface area contributed by atoms with Crippen molar-refractivity contribution in [2.45, 2.75) is 13.5 Å². The summed E-state index contributed by atoms with van der Waals surface area (Å²) in [4.78, 5) is 11.8. The Bertz CT molecular complexity index is 506. The molecule has 0 unspecified atom stereocenters. The van der Waals surface area contributed by atoms with Crippen LogP contribution in [-0.4, -0.2) is 17.0 Å². The SMILES string of the molecule is Cc1nc(N)cc(N(C)Cc2cc(Br)cs2)n1. The third kappa shape index (κ3) is 3.17. The molecule has 0 aliphatic rings. The summed E-state index contributed by atoms with van der Waals surface area (Å²) in [6.07, 6.45) is 0. The number of halogens is 1. The van der Waals surface area contributed by atoms with E-state index in [2.05, 4.69) is 42.2 Å². The minimum atomic E-state index is 0.506. The first-order chi connectivity index (χ1) is 8.04. The zero-order valence-corrected chi connectivity index (χ0v) is 12.0. The molecule has 2 aromatic rings. The summed E-state index contributed by atoms with van der Waals surface area (Å²) < 4.78 is 1.12. The topological polar surface area (TPSA) is 55.0 Å².